The van der Waals surface area contributed by atoms with Crippen molar-refractivity contribution in [2.75, 3.05) is 6.61 Å². The van der Waals surface area contributed by atoms with Gasteiger partial charge in [0.05, 0.1) is 13.2 Å². The van der Waals surface area contributed by atoms with Gasteiger partial charge < -0.3 is 14.3 Å². The summed E-state index contributed by atoms with van der Waals surface area (Å²) in [6, 6.07) is 6.43. The molecule has 0 aliphatic heterocycles. The summed E-state index contributed by atoms with van der Waals surface area (Å²) in [5.41, 5.74) is 0.475. The third-order valence-electron chi connectivity index (χ3n) is 6.37. The second kappa shape index (κ2) is 11.9. The lowest BCUT2D eigenvalue weighted by molar-refractivity contribution is -0.145. The minimum Gasteiger partial charge on any atom is -0.464 e. The zero-order valence-electron chi connectivity index (χ0n) is 18.1. The van der Waals surface area contributed by atoms with E-state index in [9.17, 15) is 18.8 Å². The molecule has 1 aliphatic carbocycles. The van der Waals surface area contributed by atoms with Crippen molar-refractivity contribution >= 4 is 18.0 Å². The fourth-order valence-electron chi connectivity index (χ4n) is 4.43. The van der Waals surface area contributed by atoms with Gasteiger partial charge in [0.25, 0.3) is 6.47 Å². The Balaban J connectivity index is 1.93. The molecule has 1 aromatic rings. The van der Waals surface area contributed by atoms with Crippen molar-refractivity contribution in [3.63, 3.8) is 0 Å². The highest BCUT2D eigenvalue weighted by molar-refractivity contribution is 5.85. The van der Waals surface area contributed by atoms with Gasteiger partial charge in [-0.15, -0.1) is 0 Å². The minimum absolute atomic E-state index is 0.0966. The molecule has 1 aliphatic rings. The highest BCUT2D eigenvalue weighted by Crippen LogP contribution is 2.38. The normalized spacial score (nSPS) is 23.6. The molecule has 1 aromatic carbocycles. The maximum Gasteiger partial charge on any atom is 0.293 e. The summed E-state index contributed by atoms with van der Waals surface area (Å²) in [5.74, 6) is -0.250. The van der Waals surface area contributed by atoms with E-state index in [4.69, 9.17) is 9.47 Å². The molecule has 0 N–H and O–H groups in total. The van der Waals surface area contributed by atoms with Gasteiger partial charge in [0.1, 0.15) is 23.5 Å². The summed E-state index contributed by atoms with van der Waals surface area (Å²) in [4.78, 5) is 35.5. The molecular weight excluding hydrogens is 387 g/mol. The van der Waals surface area contributed by atoms with Crippen LogP contribution in [-0.4, -0.2) is 30.7 Å². The molecule has 1 saturated carbocycles. The van der Waals surface area contributed by atoms with Crippen LogP contribution in [0.15, 0.2) is 24.3 Å². The van der Waals surface area contributed by atoms with Crippen LogP contribution in [0.4, 0.5) is 4.39 Å². The average Bonchev–Trinajstić information content (AvgIpc) is 2.71. The first-order valence-electron chi connectivity index (χ1n) is 10.8. The van der Waals surface area contributed by atoms with Crippen LogP contribution in [0.1, 0.15) is 58.4 Å². The van der Waals surface area contributed by atoms with E-state index in [0.29, 0.717) is 37.9 Å². The molecule has 0 spiro atoms. The maximum atomic E-state index is 13.7. The molecule has 0 radical (unpaired) electrons. The highest BCUT2D eigenvalue weighted by atomic mass is 19.1. The van der Waals surface area contributed by atoms with Crippen molar-refractivity contribution in [1.82, 2.24) is 0 Å². The average molecular weight is 421 g/mol. The molecule has 0 bridgehead atoms. The number of Topliss-reactive ketones (excluding diaryl/α,β-unsaturated/α-hetero) is 2. The Morgan fingerprint density at radius 2 is 2.03 bits per heavy atom. The molecule has 0 amide bonds. The molecule has 0 aromatic heterocycles. The van der Waals surface area contributed by atoms with E-state index >= 15 is 0 Å². The van der Waals surface area contributed by atoms with Gasteiger partial charge in [-0.2, -0.15) is 0 Å². The second-order valence-electron chi connectivity index (χ2n) is 8.47. The van der Waals surface area contributed by atoms with E-state index in [1.165, 1.54) is 6.07 Å². The first kappa shape index (κ1) is 24.2. The number of carbonyl (C=O) groups excluding carboxylic acids is 3. The zero-order chi connectivity index (χ0) is 22.1. The summed E-state index contributed by atoms with van der Waals surface area (Å²) in [7, 11) is 0. The Hall–Kier alpha value is -2.08. The SMILES string of the molecule is CC(=O)CC[C@@H]1C(=O)[C@H]([C@@H](C)[C@@H](CCOCc2ccccc2F)OC=O)CC[C@H]1C. The Labute approximate surface area is 178 Å². The molecular formula is C24H33FO5. The smallest absolute Gasteiger partial charge is 0.293 e. The van der Waals surface area contributed by atoms with Crippen LogP contribution in [0.25, 0.3) is 0 Å². The summed E-state index contributed by atoms with van der Waals surface area (Å²) in [6.45, 7) is 6.41. The number of hydrogen-bond donors (Lipinski definition) is 0. The number of benzene rings is 1. The van der Waals surface area contributed by atoms with Crippen molar-refractivity contribution in [3.8, 4) is 0 Å². The van der Waals surface area contributed by atoms with Crippen molar-refractivity contribution < 1.29 is 28.2 Å². The van der Waals surface area contributed by atoms with E-state index in [1.807, 2.05) is 6.92 Å². The Bertz CT molecular complexity index is 719. The topological polar surface area (TPSA) is 69.7 Å². The monoisotopic (exact) mass is 420 g/mol. The Morgan fingerprint density at radius 3 is 2.70 bits per heavy atom. The largest absolute Gasteiger partial charge is 0.464 e. The van der Waals surface area contributed by atoms with Crippen LogP contribution in [0, 0.1) is 29.5 Å². The number of hydrogen-bond acceptors (Lipinski definition) is 5. The molecule has 6 heteroatoms. The van der Waals surface area contributed by atoms with E-state index in [2.05, 4.69) is 6.92 Å². The van der Waals surface area contributed by atoms with Gasteiger partial charge in [0, 0.05) is 36.2 Å². The lowest BCUT2D eigenvalue weighted by atomic mass is 9.67. The van der Waals surface area contributed by atoms with E-state index in [-0.39, 0.29) is 47.7 Å². The molecule has 0 heterocycles. The summed E-state index contributed by atoms with van der Waals surface area (Å²) < 4.78 is 24.6. The van der Waals surface area contributed by atoms with Gasteiger partial charge >= 0.3 is 0 Å². The van der Waals surface area contributed by atoms with Crippen LogP contribution in [0.5, 0.6) is 0 Å². The Kier molecular flexibility index (Phi) is 9.63. The highest BCUT2D eigenvalue weighted by Gasteiger charge is 2.40. The van der Waals surface area contributed by atoms with Gasteiger partial charge in [0.15, 0.2) is 0 Å². The fourth-order valence-corrected chi connectivity index (χ4v) is 4.43. The lowest BCUT2D eigenvalue weighted by Crippen LogP contribution is -2.41. The first-order valence-corrected chi connectivity index (χ1v) is 10.8. The van der Waals surface area contributed by atoms with Gasteiger partial charge in [-0.25, -0.2) is 4.39 Å². The van der Waals surface area contributed by atoms with Gasteiger partial charge in [-0.3, -0.25) is 9.59 Å². The summed E-state index contributed by atoms with van der Waals surface area (Å²) in [6.07, 6.45) is 2.67. The number of carbonyl (C=O) groups is 3. The van der Waals surface area contributed by atoms with E-state index in [0.717, 1.165) is 12.8 Å². The van der Waals surface area contributed by atoms with Crippen LogP contribution in [-0.2, 0) is 30.5 Å². The van der Waals surface area contributed by atoms with E-state index < -0.39 is 6.10 Å². The third-order valence-corrected chi connectivity index (χ3v) is 6.37. The quantitative estimate of drug-likeness (QED) is 0.368. The molecule has 0 saturated heterocycles. The molecule has 30 heavy (non-hydrogen) atoms. The number of ketones is 2. The van der Waals surface area contributed by atoms with Crippen molar-refractivity contribution in [2.24, 2.45) is 23.7 Å². The molecule has 1 fully saturated rings. The molecule has 166 valence electrons. The minimum atomic E-state index is -0.445. The van der Waals surface area contributed by atoms with Crippen LogP contribution < -0.4 is 0 Å². The second-order valence-corrected chi connectivity index (χ2v) is 8.47. The van der Waals surface area contributed by atoms with Crippen molar-refractivity contribution in [1.29, 1.82) is 0 Å². The molecule has 0 unspecified atom stereocenters. The molecule has 2 rings (SSSR count). The lowest BCUT2D eigenvalue weighted by Gasteiger charge is -2.38. The van der Waals surface area contributed by atoms with Crippen LogP contribution >= 0.6 is 0 Å². The predicted octanol–water partition coefficient (Wildman–Crippen LogP) is 4.51. The zero-order valence-corrected chi connectivity index (χ0v) is 18.1. The standard InChI is InChI=1S/C24H33FO5/c1-16-8-10-21(24(28)20(16)11-9-17(2)27)18(3)23(30-15-26)12-13-29-14-19-6-4-5-7-22(19)25/h4-7,15-16,18,20-21,23H,8-14H2,1-3H3/t16-,18-,20+,21+,23-/m1/s1. The van der Waals surface area contributed by atoms with Crippen molar-refractivity contribution in [3.05, 3.63) is 35.6 Å². The summed E-state index contributed by atoms with van der Waals surface area (Å²) in [5, 5.41) is 0. The maximum absolute atomic E-state index is 13.7. The number of halogens is 1. The van der Waals surface area contributed by atoms with Gasteiger partial charge in [-0.05, 0) is 38.2 Å². The predicted molar refractivity (Wildman–Crippen MR) is 111 cm³/mol. The fraction of sp³-hybridized carbons (Fsp3) is 0.625. The molecule has 5 atom stereocenters. The number of rotatable bonds is 12. The van der Waals surface area contributed by atoms with Crippen LogP contribution in [0.2, 0.25) is 0 Å². The number of ether oxygens (including phenoxy) is 2. The van der Waals surface area contributed by atoms with Gasteiger partial charge in [-0.1, -0.05) is 32.0 Å². The first-order chi connectivity index (χ1) is 14.3. The van der Waals surface area contributed by atoms with Crippen molar-refractivity contribution in [2.45, 2.75) is 65.6 Å². The van der Waals surface area contributed by atoms with Gasteiger partial charge in [0.2, 0.25) is 0 Å². The summed E-state index contributed by atoms with van der Waals surface area (Å²) >= 11 is 0. The Morgan fingerprint density at radius 1 is 1.30 bits per heavy atom. The molecule has 5 nitrogen and oxygen atoms in total. The van der Waals surface area contributed by atoms with E-state index in [1.54, 1.807) is 25.1 Å². The third kappa shape index (κ3) is 6.73. The van der Waals surface area contributed by atoms with Crippen LogP contribution in [0.3, 0.4) is 0 Å².